The summed E-state index contributed by atoms with van der Waals surface area (Å²) in [5.41, 5.74) is 2.07. The number of aliphatic hydroxyl groups excluding tert-OH is 1. The third kappa shape index (κ3) is 2.33. The maximum atomic E-state index is 9.37. The van der Waals surface area contributed by atoms with E-state index in [9.17, 15) is 5.11 Å². The van der Waals surface area contributed by atoms with Crippen molar-refractivity contribution in [2.45, 2.75) is 38.8 Å². The minimum absolute atomic E-state index is 0.0547. The van der Waals surface area contributed by atoms with E-state index in [2.05, 4.69) is 11.8 Å². The van der Waals surface area contributed by atoms with E-state index in [-0.39, 0.29) is 6.61 Å². The molecule has 2 rings (SSSR count). The molecule has 1 fully saturated rings. The van der Waals surface area contributed by atoms with Gasteiger partial charge in [0.25, 0.3) is 0 Å². The quantitative estimate of drug-likeness (QED) is 0.857. The summed E-state index contributed by atoms with van der Waals surface area (Å²) in [5, 5.41) is 10.1. The fourth-order valence-electron chi connectivity index (χ4n) is 2.42. The standard InChI is InChI=1S/C13H18ClNO/c1-10-4-2-3-7-15(10)13-6-5-12(14)8-11(13)9-16/h5-6,8,10,16H,2-4,7,9H2,1H3. The number of halogens is 1. The molecule has 1 unspecified atom stereocenters. The molecule has 88 valence electrons. The van der Waals surface area contributed by atoms with Crippen LogP contribution in [0.3, 0.4) is 0 Å². The average Bonchev–Trinajstić information content (AvgIpc) is 2.30. The molecule has 3 heteroatoms. The van der Waals surface area contributed by atoms with E-state index in [1.165, 1.54) is 19.3 Å². The van der Waals surface area contributed by atoms with Gasteiger partial charge >= 0.3 is 0 Å². The van der Waals surface area contributed by atoms with Crippen LogP contribution in [0.2, 0.25) is 5.02 Å². The number of piperidine rings is 1. The van der Waals surface area contributed by atoms with Gasteiger partial charge in [-0.3, -0.25) is 0 Å². The maximum Gasteiger partial charge on any atom is 0.0702 e. The van der Waals surface area contributed by atoms with Crippen LogP contribution in [0.5, 0.6) is 0 Å². The van der Waals surface area contributed by atoms with E-state index in [4.69, 9.17) is 11.6 Å². The Morgan fingerprint density at radius 2 is 2.25 bits per heavy atom. The van der Waals surface area contributed by atoms with E-state index in [1.54, 1.807) is 0 Å². The number of hydrogen-bond donors (Lipinski definition) is 1. The third-order valence-corrected chi connectivity index (χ3v) is 3.56. The van der Waals surface area contributed by atoms with Crippen molar-refractivity contribution in [2.24, 2.45) is 0 Å². The SMILES string of the molecule is CC1CCCCN1c1ccc(Cl)cc1CO. The van der Waals surface area contributed by atoms with Gasteiger partial charge in [-0.2, -0.15) is 0 Å². The normalized spacial score (nSPS) is 21.2. The van der Waals surface area contributed by atoms with Crippen LogP contribution in [-0.2, 0) is 6.61 Å². The van der Waals surface area contributed by atoms with Gasteiger partial charge in [-0.15, -0.1) is 0 Å². The predicted molar refractivity (Wildman–Crippen MR) is 68.0 cm³/mol. The van der Waals surface area contributed by atoms with Crippen molar-refractivity contribution in [3.05, 3.63) is 28.8 Å². The molecule has 1 aliphatic heterocycles. The minimum atomic E-state index is 0.0547. The fraction of sp³-hybridized carbons (Fsp3) is 0.538. The number of anilines is 1. The zero-order chi connectivity index (χ0) is 11.5. The van der Waals surface area contributed by atoms with Gasteiger partial charge < -0.3 is 10.0 Å². The van der Waals surface area contributed by atoms with E-state index in [0.717, 1.165) is 17.8 Å². The Bertz CT molecular complexity index is 367. The zero-order valence-electron chi connectivity index (χ0n) is 9.62. The summed E-state index contributed by atoms with van der Waals surface area (Å²) < 4.78 is 0. The number of benzene rings is 1. The Morgan fingerprint density at radius 1 is 1.44 bits per heavy atom. The van der Waals surface area contributed by atoms with Crippen LogP contribution in [0, 0.1) is 0 Å². The zero-order valence-corrected chi connectivity index (χ0v) is 10.4. The van der Waals surface area contributed by atoms with E-state index >= 15 is 0 Å². The van der Waals surface area contributed by atoms with E-state index < -0.39 is 0 Å². The Kier molecular flexibility index (Phi) is 3.72. The van der Waals surface area contributed by atoms with E-state index in [0.29, 0.717) is 11.1 Å². The van der Waals surface area contributed by atoms with Crippen LogP contribution in [0.1, 0.15) is 31.7 Å². The summed E-state index contributed by atoms with van der Waals surface area (Å²) in [5.74, 6) is 0. The second-order valence-electron chi connectivity index (χ2n) is 4.47. The average molecular weight is 240 g/mol. The third-order valence-electron chi connectivity index (χ3n) is 3.32. The Morgan fingerprint density at radius 3 is 2.94 bits per heavy atom. The monoisotopic (exact) mass is 239 g/mol. The highest BCUT2D eigenvalue weighted by molar-refractivity contribution is 6.30. The number of nitrogens with zero attached hydrogens (tertiary/aromatic N) is 1. The molecule has 1 aliphatic rings. The Balaban J connectivity index is 2.30. The van der Waals surface area contributed by atoms with Crippen LogP contribution in [0.25, 0.3) is 0 Å². The highest BCUT2D eigenvalue weighted by Gasteiger charge is 2.20. The number of rotatable bonds is 2. The molecule has 0 radical (unpaired) electrons. The van der Waals surface area contributed by atoms with Gasteiger partial charge in [-0.1, -0.05) is 11.6 Å². The molecular formula is C13H18ClNO. The van der Waals surface area contributed by atoms with Crippen LogP contribution < -0.4 is 4.90 Å². The highest BCUT2D eigenvalue weighted by atomic mass is 35.5. The first-order valence-electron chi connectivity index (χ1n) is 5.88. The first kappa shape index (κ1) is 11.7. The molecule has 1 N–H and O–H groups in total. The molecule has 0 saturated carbocycles. The van der Waals surface area contributed by atoms with Gasteiger partial charge in [0.1, 0.15) is 0 Å². The van der Waals surface area contributed by atoms with Gasteiger partial charge in [-0.25, -0.2) is 0 Å². The Labute approximate surface area is 102 Å². The maximum absolute atomic E-state index is 9.37. The molecule has 1 aromatic carbocycles. The molecule has 0 bridgehead atoms. The second kappa shape index (κ2) is 5.07. The summed E-state index contributed by atoms with van der Waals surface area (Å²) in [4.78, 5) is 2.38. The molecule has 1 saturated heterocycles. The lowest BCUT2D eigenvalue weighted by Crippen LogP contribution is -2.38. The van der Waals surface area contributed by atoms with Crippen molar-refractivity contribution in [3.8, 4) is 0 Å². The van der Waals surface area contributed by atoms with E-state index in [1.807, 2.05) is 18.2 Å². The lowest BCUT2D eigenvalue weighted by Gasteiger charge is -2.36. The molecule has 0 aromatic heterocycles. The molecule has 0 amide bonds. The second-order valence-corrected chi connectivity index (χ2v) is 4.91. The predicted octanol–water partition coefficient (Wildman–Crippen LogP) is 3.21. The lowest BCUT2D eigenvalue weighted by molar-refractivity contribution is 0.281. The van der Waals surface area contributed by atoms with Crippen molar-refractivity contribution in [1.29, 1.82) is 0 Å². The number of aliphatic hydroxyl groups is 1. The molecule has 16 heavy (non-hydrogen) atoms. The fourth-order valence-corrected chi connectivity index (χ4v) is 2.61. The van der Waals surface area contributed by atoms with Crippen LogP contribution in [0.4, 0.5) is 5.69 Å². The van der Waals surface area contributed by atoms with Crippen LogP contribution >= 0.6 is 11.6 Å². The van der Waals surface area contributed by atoms with Crippen LogP contribution in [-0.4, -0.2) is 17.7 Å². The molecular weight excluding hydrogens is 222 g/mol. The molecule has 1 heterocycles. The summed E-state index contributed by atoms with van der Waals surface area (Å²) in [6, 6.07) is 6.34. The first-order chi connectivity index (χ1) is 7.72. The smallest absolute Gasteiger partial charge is 0.0702 e. The topological polar surface area (TPSA) is 23.5 Å². The van der Waals surface area contributed by atoms with Crippen molar-refractivity contribution in [1.82, 2.24) is 0 Å². The molecule has 1 aromatic rings. The summed E-state index contributed by atoms with van der Waals surface area (Å²) >= 11 is 5.94. The lowest BCUT2D eigenvalue weighted by atomic mass is 10.0. The van der Waals surface area contributed by atoms with Crippen molar-refractivity contribution >= 4 is 17.3 Å². The van der Waals surface area contributed by atoms with Crippen molar-refractivity contribution < 1.29 is 5.11 Å². The van der Waals surface area contributed by atoms with Gasteiger partial charge in [-0.05, 0) is 44.4 Å². The largest absolute Gasteiger partial charge is 0.392 e. The van der Waals surface area contributed by atoms with Gasteiger partial charge in [0.15, 0.2) is 0 Å². The van der Waals surface area contributed by atoms with Crippen molar-refractivity contribution in [2.75, 3.05) is 11.4 Å². The summed E-state index contributed by atoms with van der Waals surface area (Å²) in [6.07, 6.45) is 3.77. The summed E-state index contributed by atoms with van der Waals surface area (Å²) in [7, 11) is 0. The molecule has 0 aliphatic carbocycles. The minimum Gasteiger partial charge on any atom is -0.392 e. The number of hydrogen-bond acceptors (Lipinski definition) is 2. The highest BCUT2D eigenvalue weighted by Crippen LogP contribution is 2.29. The van der Waals surface area contributed by atoms with Crippen molar-refractivity contribution in [3.63, 3.8) is 0 Å². The molecule has 2 nitrogen and oxygen atoms in total. The Hall–Kier alpha value is -0.730. The molecule has 1 atom stereocenters. The van der Waals surface area contributed by atoms with Gasteiger partial charge in [0.05, 0.1) is 6.61 Å². The van der Waals surface area contributed by atoms with Gasteiger partial charge in [0, 0.05) is 28.9 Å². The summed E-state index contributed by atoms with van der Waals surface area (Å²) in [6.45, 7) is 3.38. The van der Waals surface area contributed by atoms with Crippen LogP contribution in [0.15, 0.2) is 18.2 Å². The van der Waals surface area contributed by atoms with Gasteiger partial charge in [0.2, 0.25) is 0 Å². The molecule has 0 spiro atoms. The first-order valence-corrected chi connectivity index (χ1v) is 6.26.